The van der Waals surface area contributed by atoms with Crippen LogP contribution in [0.4, 0.5) is 10.5 Å². The van der Waals surface area contributed by atoms with E-state index < -0.39 is 0 Å². The number of fused-ring (bicyclic) bond motifs is 5. The van der Waals surface area contributed by atoms with Gasteiger partial charge in [0.2, 0.25) is 5.88 Å². The van der Waals surface area contributed by atoms with Crippen molar-refractivity contribution in [1.82, 2.24) is 10.3 Å². The van der Waals surface area contributed by atoms with Gasteiger partial charge in [-0.15, -0.1) is 0 Å². The van der Waals surface area contributed by atoms with Crippen molar-refractivity contribution in [2.24, 2.45) is 23.7 Å². The molecule has 0 saturated heterocycles. The molecule has 1 aromatic rings. The zero-order valence-corrected chi connectivity index (χ0v) is 12.9. The lowest BCUT2D eigenvalue weighted by atomic mass is 9.79. The Balaban J connectivity index is 1.34. The summed E-state index contributed by atoms with van der Waals surface area (Å²) in [5.74, 6) is 3.93. The summed E-state index contributed by atoms with van der Waals surface area (Å²) in [7, 11) is 1.58. The molecule has 0 radical (unpaired) electrons. The molecule has 2 N–H and O–H groups in total. The van der Waals surface area contributed by atoms with Gasteiger partial charge in [-0.2, -0.15) is 0 Å². The average Bonchev–Trinajstić information content (AvgIpc) is 3.20. The number of urea groups is 1. The molecule has 3 aliphatic rings. The van der Waals surface area contributed by atoms with Gasteiger partial charge in [0.15, 0.2) is 0 Å². The van der Waals surface area contributed by atoms with Crippen LogP contribution in [0.2, 0.25) is 0 Å². The summed E-state index contributed by atoms with van der Waals surface area (Å²) in [6, 6.07) is 3.80. The fourth-order valence-electron chi connectivity index (χ4n) is 5.14. The van der Waals surface area contributed by atoms with E-state index in [1.165, 1.54) is 32.1 Å². The van der Waals surface area contributed by atoms with Gasteiger partial charge in [-0.3, -0.25) is 0 Å². The number of ether oxygens (including phenoxy) is 1. The number of hydrogen-bond donors (Lipinski definition) is 2. The molecule has 118 valence electrons. The van der Waals surface area contributed by atoms with Gasteiger partial charge in [-0.1, -0.05) is 6.42 Å². The summed E-state index contributed by atoms with van der Waals surface area (Å²) in [6.45, 7) is 0. The Morgan fingerprint density at radius 3 is 2.86 bits per heavy atom. The second kappa shape index (κ2) is 5.45. The molecule has 1 aromatic heterocycles. The molecular formula is C17H23N3O2. The number of aromatic nitrogens is 1. The minimum Gasteiger partial charge on any atom is -0.481 e. The first kappa shape index (κ1) is 13.9. The first-order valence-electron chi connectivity index (χ1n) is 8.32. The molecule has 3 saturated carbocycles. The largest absolute Gasteiger partial charge is 0.481 e. The molecule has 5 unspecified atom stereocenters. The van der Waals surface area contributed by atoms with Crippen molar-refractivity contribution in [2.45, 2.75) is 38.1 Å². The maximum absolute atomic E-state index is 12.2. The highest BCUT2D eigenvalue weighted by Crippen LogP contribution is 2.58. The quantitative estimate of drug-likeness (QED) is 0.902. The van der Waals surface area contributed by atoms with Crippen molar-refractivity contribution >= 4 is 11.7 Å². The molecule has 5 atom stereocenters. The average molecular weight is 301 g/mol. The molecule has 5 heteroatoms. The summed E-state index contributed by atoms with van der Waals surface area (Å²) in [4.78, 5) is 16.3. The number of rotatable bonds is 3. The number of carbonyl (C=O) groups excluding carboxylic acids is 1. The standard InChI is InChI=1S/C17H23N3O2/c1-22-16-6-5-11(9-18-16)19-17(21)20-15-8-10-7-14(15)13-4-2-3-12(10)13/h5-6,9-10,12-15H,2-4,7-8H2,1H3,(H2,19,20,21). The van der Waals surface area contributed by atoms with Crippen molar-refractivity contribution in [3.8, 4) is 5.88 Å². The second-order valence-corrected chi connectivity index (χ2v) is 6.95. The van der Waals surface area contributed by atoms with E-state index in [0.717, 1.165) is 17.8 Å². The van der Waals surface area contributed by atoms with E-state index in [-0.39, 0.29) is 6.03 Å². The summed E-state index contributed by atoms with van der Waals surface area (Å²) < 4.78 is 5.02. The minimum absolute atomic E-state index is 0.112. The Hall–Kier alpha value is -1.78. The molecule has 3 fully saturated rings. The molecule has 3 aliphatic carbocycles. The van der Waals surface area contributed by atoms with Crippen LogP contribution in [-0.4, -0.2) is 24.2 Å². The van der Waals surface area contributed by atoms with Crippen LogP contribution in [0.15, 0.2) is 18.3 Å². The number of carbonyl (C=O) groups is 1. The van der Waals surface area contributed by atoms with Crippen LogP contribution >= 0.6 is 0 Å². The number of pyridine rings is 1. The molecule has 0 aliphatic heterocycles. The maximum Gasteiger partial charge on any atom is 0.319 e. The molecule has 22 heavy (non-hydrogen) atoms. The lowest BCUT2D eigenvalue weighted by molar-refractivity contribution is 0.203. The second-order valence-electron chi connectivity index (χ2n) is 6.95. The molecule has 4 rings (SSSR count). The minimum atomic E-state index is -0.112. The summed E-state index contributed by atoms with van der Waals surface area (Å²) in [5.41, 5.74) is 0.695. The van der Waals surface area contributed by atoms with Crippen molar-refractivity contribution < 1.29 is 9.53 Å². The van der Waals surface area contributed by atoms with Crippen LogP contribution in [0.25, 0.3) is 0 Å². The summed E-state index contributed by atoms with van der Waals surface area (Å²) in [6.07, 6.45) is 8.28. The number of methoxy groups -OCH3 is 1. The third kappa shape index (κ3) is 2.32. The summed E-state index contributed by atoms with van der Waals surface area (Å²) in [5, 5.41) is 6.06. The van der Waals surface area contributed by atoms with Crippen LogP contribution < -0.4 is 15.4 Å². The molecule has 0 spiro atoms. The molecule has 2 bridgehead atoms. The smallest absolute Gasteiger partial charge is 0.319 e. The Morgan fingerprint density at radius 1 is 1.23 bits per heavy atom. The highest BCUT2D eigenvalue weighted by molar-refractivity contribution is 5.89. The van der Waals surface area contributed by atoms with Crippen molar-refractivity contribution in [2.75, 3.05) is 12.4 Å². The maximum atomic E-state index is 12.2. The van der Waals surface area contributed by atoms with Gasteiger partial charge in [0, 0.05) is 12.1 Å². The molecule has 0 aromatic carbocycles. The fourth-order valence-corrected chi connectivity index (χ4v) is 5.14. The number of hydrogen-bond acceptors (Lipinski definition) is 3. The number of anilines is 1. The number of nitrogens with zero attached hydrogens (tertiary/aromatic N) is 1. The third-order valence-corrected chi connectivity index (χ3v) is 5.95. The lowest BCUT2D eigenvalue weighted by Gasteiger charge is -2.32. The van der Waals surface area contributed by atoms with E-state index in [9.17, 15) is 4.79 Å². The van der Waals surface area contributed by atoms with Crippen LogP contribution in [0.5, 0.6) is 5.88 Å². The third-order valence-electron chi connectivity index (χ3n) is 5.95. The van der Waals surface area contributed by atoms with Gasteiger partial charge >= 0.3 is 6.03 Å². The normalized spacial score (nSPS) is 35.2. The van der Waals surface area contributed by atoms with E-state index in [4.69, 9.17) is 4.74 Å². The Kier molecular flexibility index (Phi) is 3.43. The van der Waals surface area contributed by atoms with Crippen LogP contribution in [0.1, 0.15) is 32.1 Å². The Bertz CT molecular complexity index is 560. The molecule has 1 heterocycles. The highest BCUT2D eigenvalue weighted by Gasteiger charge is 2.54. The zero-order chi connectivity index (χ0) is 15.1. The SMILES string of the molecule is COc1ccc(NC(=O)NC2CC3CC2C2CCCC32)cn1. The van der Waals surface area contributed by atoms with Gasteiger partial charge in [0.1, 0.15) is 0 Å². The Morgan fingerprint density at radius 2 is 2.09 bits per heavy atom. The van der Waals surface area contributed by atoms with Crippen LogP contribution in [0, 0.1) is 23.7 Å². The summed E-state index contributed by atoms with van der Waals surface area (Å²) >= 11 is 0. The van der Waals surface area contributed by atoms with Crippen molar-refractivity contribution in [3.63, 3.8) is 0 Å². The van der Waals surface area contributed by atoms with Crippen molar-refractivity contribution in [3.05, 3.63) is 18.3 Å². The van der Waals surface area contributed by atoms with Gasteiger partial charge in [-0.25, -0.2) is 9.78 Å². The van der Waals surface area contributed by atoms with Crippen molar-refractivity contribution in [1.29, 1.82) is 0 Å². The van der Waals surface area contributed by atoms with Gasteiger partial charge < -0.3 is 15.4 Å². The molecule has 5 nitrogen and oxygen atoms in total. The van der Waals surface area contributed by atoms with Gasteiger partial charge in [0.25, 0.3) is 0 Å². The van der Waals surface area contributed by atoms with Gasteiger partial charge in [0.05, 0.1) is 19.0 Å². The Labute approximate surface area is 130 Å². The first-order valence-corrected chi connectivity index (χ1v) is 8.32. The lowest BCUT2D eigenvalue weighted by Crippen LogP contribution is -2.44. The zero-order valence-electron chi connectivity index (χ0n) is 12.9. The van der Waals surface area contributed by atoms with E-state index in [1.54, 1.807) is 25.4 Å². The molecular weight excluding hydrogens is 278 g/mol. The van der Waals surface area contributed by atoms with E-state index in [0.29, 0.717) is 23.5 Å². The highest BCUT2D eigenvalue weighted by atomic mass is 16.5. The predicted octanol–water partition coefficient (Wildman–Crippen LogP) is 3.04. The van der Waals surface area contributed by atoms with Crippen LogP contribution in [0.3, 0.4) is 0 Å². The number of nitrogens with one attached hydrogen (secondary N) is 2. The van der Waals surface area contributed by atoms with Gasteiger partial charge in [-0.05, 0) is 55.4 Å². The van der Waals surface area contributed by atoms with E-state index >= 15 is 0 Å². The fraction of sp³-hybridized carbons (Fsp3) is 0.647. The monoisotopic (exact) mass is 301 g/mol. The van der Waals surface area contributed by atoms with Crippen LogP contribution in [-0.2, 0) is 0 Å². The van der Waals surface area contributed by atoms with E-state index in [2.05, 4.69) is 15.6 Å². The predicted molar refractivity (Wildman–Crippen MR) is 83.8 cm³/mol. The number of amides is 2. The first-order chi connectivity index (χ1) is 10.7. The topological polar surface area (TPSA) is 63.2 Å². The van der Waals surface area contributed by atoms with E-state index in [1.807, 2.05) is 0 Å². The molecule has 2 amide bonds.